The number of hydrogen-bond donors (Lipinski definition) is 1. The van der Waals surface area contributed by atoms with E-state index in [1.165, 1.54) is 7.11 Å². The summed E-state index contributed by atoms with van der Waals surface area (Å²) >= 11 is 0. The highest BCUT2D eigenvalue weighted by Crippen LogP contribution is 2.32. The third-order valence-corrected chi connectivity index (χ3v) is 4.72. The van der Waals surface area contributed by atoms with E-state index in [2.05, 4.69) is 5.32 Å². The van der Waals surface area contributed by atoms with E-state index in [9.17, 15) is 9.59 Å². The van der Waals surface area contributed by atoms with Gasteiger partial charge < -0.3 is 24.3 Å². The van der Waals surface area contributed by atoms with Crippen molar-refractivity contribution in [1.29, 1.82) is 0 Å². The minimum atomic E-state index is -0.734. The maximum Gasteiger partial charge on any atom is 0.313 e. The van der Waals surface area contributed by atoms with Gasteiger partial charge in [-0.2, -0.15) is 0 Å². The number of hydrogen-bond acceptors (Lipinski definition) is 6. The van der Waals surface area contributed by atoms with Crippen LogP contribution in [0.1, 0.15) is 19.3 Å². The van der Waals surface area contributed by atoms with Crippen molar-refractivity contribution in [3.8, 4) is 11.5 Å². The molecule has 1 amide bonds. The molecule has 0 spiro atoms. The molecule has 1 aromatic carbocycles. The average Bonchev–Trinajstić information content (AvgIpc) is 2.88. The van der Waals surface area contributed by atoms with Gasteiger partial charge in [0, 0.05) is 26.2 Å². The third kappa shape index (κ3) is 3.87. The van der Waals surface area contributed by atoms with E-state index < -0.39 is 11.5 Å². The van der Waals surface area contributed by atoms with E-state index in [4.69, 9.17) is 18.9 Å². The molecular weight excluding hydrogens is 326 g/mol. The monoisotopic (exact) mass is 349 g/mol. The van der Waals surface area contributed by atoms with Crippen molar-refractivity contribution >= 4 is 11.9 Å². The van der Waals surface area contributed by atoms with Crippen LogP contribution in [0, 0.1) is 5.41 Å². The van der Waals surface area contributed by atoms with Crippen LogP contribution >= 0.6 is 0 Å². The second-order valence-corrected chi connectivity index (χ2v) is 6.29. The zero-order valence-electron chi connectivity index (χ0n) is 14.3. The second-order valence-electron chi connectivity index (χ2n) is 6.29. The van der Waals surface area contributed by atoms with E-state index in [0.29, 0.717) is 50.6 Å². The number of fused-ring (bicyclic) bond motifs is 1. The molecule has 2 aliphatic heterocycles. The fourth-order valence-electron chi connectivity index (χ4n) is 3.14. The van der Waals surface area contributed by atoms with Crippen LogP contribution in [0.25, 0.3) is 0 Å². The fraction of sp³-hybridized carbons (Fsp3) is 0.556. The first-order chi connectivity index (χ1) is 12.1. The predicted octanol–water partition coefficient (Wildman–Crippen LogP) is 1.30. The largest absolute Gasteiger partial charge is 0.490 e. The molecule has 1 saturated heterocycles. The first-order valence-corrected chi connectivity index (χ1v) is 8.47. The number of benzene rings is 1. The molecule has 1 N–H and O–H groups in total. The van der Waals surface area contributed by atoms with Crippen molar-refractivity contribution in [1.82, 2.24) is 5.32 Å². The van der Waals surface area contributed by atoms with Gasteiger partial charge >= 0.3 is 5.97 Å². The number of carbonyl (C=O) groups is 2. The molecule has 7 nitrogen and oxygen atoms in total. The Morgan fingerprint density at radius 1 is 1.20 bits per heavy atom. The summed E-state index contributed by atoms with van der Waals surface area (Å²) in [7, 11) is 1.37. The van der Waals surface area contributed by atoms with Crippen LogP contribution in [0.5, 0.6) is 11.5 Å². The number of rotatable bonds is 4. The summed E-state index contributed by atoms with van der Waals surface area (Å²) < 4.78 is 21.7. The van der Waals surface area contributed by atoms with Crippen LogP contribution in [0.4, 0.5) is 0 Å². The summed E-state index contributed by atoms with van der Waals surface area (Å²) in [5.74, 6) is 0.615. The molecule has 0 aliphatic carbocycles. The number of amides is 1. The lowest BCUT2D eigenvalue weighted by molar-refractivity contribution is -0.158. The Labute approximate surface area is 146 Å². The highest BCUT2D eigenvalue weighted by Gasteiger charge is 2.42. The number of esters is 1. The fourth-order valence-corrected chi connectivity index (χ4v) is 3.14. The number of nitrogens with one attached hydrogen (secondary N) is 1. The third-order valence-electron chi connectivity index (χ3n) is 4.72. The van der Waals surface area contributed by atoms with Gasteiger partial charge in [0.1, 0.15) is 0 Å². The maximum atomic E-state index is 12.6. The summed E-state index contributed by atoms with van der Waals surface area (Å²) in [5.41, 5.74) is -0.734. The zero-order valence-corrected chi connectivity index (χ0v) is 14.3. The molecular formula is C18H23NO6. The van der Waals surface area contributed by atoms with Gasteiger partial charge in [0.2, 0.25) is 0 Å². The quantitative estimate of drug-likeness (QED) is 0.825. The van der Waals surface area contributed by atoms with E-state index in [1.807, 2.05) is 18.2 Å². The minimum absolute atomic E-state index is 0.213. The molecule has 0 saturated carbocycles. The molecule has 2 heterocycles. The molecule has 1 aromatic rings. The van der Waals surface area contributed by atoms with Gasteiger partial charge in [-0.05, 0) is 25.0 Å². The van der Waals surface area contributed by atoms with Crippen molar-refractivity contribution in [2.75, 3.05) is 33.5 Å². The Morgan fingerprint density at radius 3 is 2.64 bits per heavy atom. The Balaban J connectivity index is 1.64. The van der Waals surface area contributed by atoms with Gasteiger partial charge in [0.15, 0.2) is 17.6 Å². The number of ether oxygens (including phenoxy) is 4. The Morgan fingerprint density at radius 2 is 1.92 bits per heavy atom. The number of carbonyl (C=O) groups excluding carboxylic acids is 2. The van der Waals surface area contributed by atoms with Crippen LogP contribution in [0.15, 0.2) is 24.3 Å². The molecule has 3 rings (SSSR count). The minimum Gasteiger partial charge on any atom is -0.490 e. The zero-order chi connectivity index (χ0) is 17.7. The van der Waals surface area contributed by atoms with Crippen molar-refractivity contribution < 1.29 is 28.5 Å². The number of methoxy groups -OCH3 is 1. The Kier molecular flexibility index (Phi) is 5.43. The lowest BCUT2D eigenvalue weighted by Crippen LogP contribution is -2.49. The van der Waals surface area contributed by atoms with E-state index >= 15 is 0 Å². The molecule has 1 fully saturated rings. The first-order valence-electron chi connectivity index (χ1n) is 8.47. The number of para-hydroxylation sites is 2. The van der Waals surface area contributed by atoms with Crippen molar-refractivity contribution in [3.63, 3.8) is 0 Å². The molecule has 7 heteroatoms. The molecule has 1 atom stereocenters. The van der Waals surface area contributed by atoms with E-state index in [-0.39, 0.29) is 18.4 Å². The molecule has 2 aliphatic rings. The standard InChI is InChI=1S/C18H23NO6/c1-22-17(21)18(7-10-23-11-8-18)12-19-16(20)15-6-9-24-13-4-2-3-5-14(13)25-15/h2-5,15H,6-12H2,1H3,(H,19,20). The summed E-state index contributed by atoms with van der Waals surface area (Å²) in [5, 5.41) is 2.86. The topological polar surface area (TPSA) is 83.1 Å². The Hall–Kier alpha value is -2.28. The highest BCUT2D eigenvalue weighted by atomic mass is 16.5. The Bertz CT molecular complexity index is 626. The van der Waals surface area contributed by atoms with Crippen molar-refractivity contribution in [2.45, 2.75) is 25.4 Å². The lowest BCUT2D eigenvalue weighted by atomic mass is 9.80. The molecule has 1 unspecified atom stereocenters. The summed E-state index contributed by atoms with van der Waals surface area (Å²) in [6.07, 6.45) is 0.835. The van der Waals surface area contributed by atoms with Crippen LogP contribution in [-0.4, -0.2) is 51.5 Å². The maximum absolute atomic E-state index is 12.6. The van der Waals surface area contributed by atoms with Crippen molar-refractivity contribution in [3.05, 3.63) is 24.3 Å². The van der Waals surface area contributed by atoms with Crippen molar-refractivity contribution in [2.24, 2.45) is 5.41 Å². The molecule has 0 radical (unpaired) electrons. The second kappa shape index (κ2) is 7.74. The van der Waals surface area contributed by atoms with Gasteiger partial charge in [0.25, 0.3) is 5.91 Å². The van der Waals surface area contributed by atoms with Gasteiger partial charge in [-0.15, -0.1) is 0 Å². The summed E-state index contributed by atoms with van der Waals surface area (Å²) in [6.45, 7) is 1.56. The average molecular weight is 349 g/mol. The van der Waals surface area contributed by atoms with E-state index in [1.54, 1.807) is 6.07 Å². The molecule has 136 valence electrons. The van der Waals surface area contributed by atoms with Crippen LogP contribution in [-0.2, 0) is 19.1 Å². The van der Waals surface area contributed by atoms with Crippen LogP contribution < -0.4 is 14.8 Å². The smallest absolute Gasteiger partial charge is 0.313 e. The van der Waals surface area contributed by atoms with Gasteiger partial charge in [-0.3, -0.25) is 9.59 Å². The lowest BCUT2D eigenvalue weighted by Gasteiger charge is -2.34. The molecule has 0 aromatic heterocycles. The normalized spacial score (nSPS) is 21.7. The predicted molar refractivity (Wildman–Crippen MR) is 88.5 cm³/mol. The van der Waals surface area contributed by atoms with Crippen LogP contribution in [0.2, 0.25) is 0 Å². The van der Waals surface area contributed by atoms with Gasteiger partial charge in [-0.1, -0.05) is 12.1 Å². The SMILES string of the molecule is COC(=O)C1(CNC(=O)C2CCOc3ccccc3O2)CCOCC1. The molecule has 0 bridgehead atoms. The van der Waals surface area contributed by atoms with Gasteiger partial charge in [-0.25, -0.2) is 0 Å². The van der Waals surface area contributed by atoms with Crippen LogP contribution in [0.3, 0.4) is 0 Å². The summed E-state index contributed by atoms with van der Waals surface area (Å²) in [6, 6.07) is 7.27. The molecule has 25 heavy (non-hydrogen) atoms. The van der Waals surface area contributed by atoms with Gasteiger partial charge in [0.05, 0.1) is 19.1 Å². The van der Waals surface area contributed by atoms with E-state index in [0.717, 1.165) is 0 Å². The highest BCUT2D eigenvalue weighted by molar-refractivity contribution is 5.83. The summed E-state index contributed by atoms with van der Waals surface area (Å²) in [4.78, 5) is 24.8. The first kappa shape index (κ1) is 17.5.